The summed E-state index contributed by atoms with van der Waals surface area (Å²) in [6.45, 7) is 7.72. The summed E-state index contributed by atoms with van der Waals surface area (Å²) in [7, 11) is 0. The van der Waals surface area contributed by atoms with E-state index in [4.69, 9.17) is 14.7 Å². The molecule has 0 N–H and O–H groups in total. The van der Waals surface area contributed by atoms with Crippen molar-refractivity contribution in [1.29, 1.82) is 0 Å². The van der Waals surface area contributed by atoms with Gasteiger partial charge in [0.2, 0.25) is 0 Å². The van der Waals surface area contributed by atoms with Crippen molar-refractivity contribution in [3.05, 3.63) is 46.1 Å². The molecule has 0 spiro atoms. The van der Waals surface area contributed by atoms with Gasteiger partial charge in [0.15, 0.2) is 0 Å². The van der Waals surface area contributed by atoms with Gasteiger partial charge in [-0.3, -0.25) is 4.90 Å². The second kappa shape index (κ2) is 7.59. The van der Waals surface area contributed by atoms with Crippen molar-refractivity contribution < 1.29 is 4.74 Å². The lowest BCUT2D eigenvalue weighted by Crippen LogP contribution is -2.36. The highest BCUT2D eigenvalue weighted by atomic mass is 32.1. The van der Waals surface area contributed by atoms with Gasteiger partial charge in [0, 0.05) is 30.2 Å². The number of morpholine rings is 1. The molecular formula is C24H28N4OS. The van der Waals surface area contributed by atoms with Crippen molar-refractivity contribution >= 4 is 33.1 Å². The Morgan fingerprint density at radius 3 is 2.87 bits per heavy atom. The molecule has 6 heteroatoms. The molecule has 0 unspecified atom stereocenters. The maximum atomic E-state index is 5.53. The molecule has 2 aliphatic heterocycles. The first kappa shape index (κ1) is 18.7. The smallest absolute Gasteiger partial charge is 0.146 e. The van der Waals surface area contributed by atoms with Crippen LogP contribution in [0.15, 0.2) is 24.3 Å². The standard InChI is InChI=1S/C24H28N4OS/c1-16-6-7-18-20(14-16)30-24-22(18)23(28-9-8-17-4-2-3-5-19(17)28)25-21(26-24)15-27-10-12-29-13-11-27/h2-5,16H,6-15H2,1H3/t16-/m0/s1. The normalized spacial score (nSPS) is 21.8. The highest BCUT2D eigenvalue weighted by molar-refractivity contribution is 7.19. The molecule has 0 amide bonds. The number of ether oxygens (including phenoxy) is 1. The summed E-state index contributed by atoms with van der Waals surface area (Å²) in [4.78, 5) is 17.9. The fourth-order valence-corrected chi connectivity index (χ4v) is 6.55. The first-order chi connectivity index (χ1) is 14.8. The van der Waals surface area contributed by atoms with E-state index < -0.39 is 0 Å². The summed E-state index contributed by atoms with van der Waals surface area (Å²) in [5.74, 6) is 2.86. The number of nitrogens with zero attached hydrogens (tertiary/aromatic N) is 4. The number of rotatable bonds is 3. The summed E-state index contributed by atoms with van der Waals surface area (Å²) in [5.41, 5.74) is 4.26. The molecule has 156 valence electrons. The Hall–Kier alpha value is -2.02. The minimum absolute atomic E-state index is 0.766. The van der Waals surface area contributed by atoms with Crippen LogP contribution in [0.4, 0.5) is 11.5 Å². The molecule has 1 saturated heterocycles. The van der Waals surface area contributed by atoms with E-state index in [2.05, 4.69) is 41.0 Å². The van der Waals surface area contributed by atoms with Crippen molar-refractivity contribution in [2.45, 2.75) is 39.2 Å². The predicted molar refractivity (Wildman–Crippen MR) is 122 cm³/mol. The highest BCUT2D eigenvalue weighted by Gasteiger charge is 2.29. The Balaban J connectivity index is 1.48. The fraction of sp³-hybridized carbons (Fsp3) is 0.500. The Kier molecular flexibility index (Phi) is 4.74. The molecule has 1 aliphatic carbocycles. The Labute approximate surface area is 181 Å². The summed E-state index contributed by atoms with van der Waals surface area (Å²) in [6.07, 6.45) is 4.70. The second-order valence-electron chi connectivity index (χ2n) is 8.91. The van der Waals surface area contributed by atoms with Crippen LogP contribution in [-0.4, -0.2) is 47.7 Å². The molecule has 3 aliphatic rings. The van der Waals surface area contributed by atoms with Crippen LogP contribution in [0.25, 0.3) is 10.2 Å². The van der Waals surface area contributed by atoms with Crippen LogP contribution in [-0.2, 0) is 30.5 Å². The van der Waals surface area contributed by atoms with Gasteiger partial charge in [-0.25, -0.2) is 9.97 Å². The van der Waals surface area contributed by atoms with Crippen LogP contribution in [0, 0.1) is 5.92 Å². The second-order valence-corrected chi connectivity index (χ2v) is 10.00. The molecule has 0 bridgehead atoms. The number of benzene rings is 1. The Morgan fingerprint density at radius 1 is 1.10 bits per heavy atom. The van der Waals surface area contributed by atoms with Crippen LogP contribution in [0.2, 0.25) is 0 Å². The zero-order valence-corrected chi connectivity index (χ0v) is 18.4. The number of aryl methyl sites for hydroxylation is 1. The molecule has 0 radical (unpaired) electrons. The van der Waals surface area contributed by atoms with Gasteiger partial charge < -0.3 is 9.64 Å². The van der Waals surface area contributed by atoms with Gasteiger partial charge in [-0.1, -0.05) is 25.1 Å². The summed E-state index contributed by atoms with van der Waals surface area (Å²) in [5, 5.41) is 1.32. The third kappa shape index (κ3) is 3.22. The molecule has 3 aromatic rings. The number of aromatic nitrogens is 2. The largest absolute Gasteiger partial charge is 0.379 e. The molecule has 1 aromatic carbocycles. The van der Waals surface area contributed by atoms with Crippen LogP contribution < -0.4 is 4.90 Å². The molecule has 4 heterocycles. The van der Waals surface area contributed by atoms with Crippen LogP contribution >= 0.6 is 11.3 Å². The van der Waals surface area contributed by atoms with E-state index in [1.165, 1.54) is 44.7 Å². The third-order valence-electron chi connectivity index (χ3n) is 6.79. The maximum Gasteiger partial charge on any atom is 0.146 e. The van der Waals surface area contributed by atoms with E-state index in [0.29, 0.717) is 0 Å². The topological polar surface area (TPSA) is 41.5 Å². The zero-order valence-electron chi connectivity index (χ0n) is 17.6. The average molecular weight is 421 g/mol. The highest BCUT2D eigenvalue weighted by Crippen LogP contribution is 2.44. The van der Waals surface area contributed by atoms with E-state index in [-0.39, 0.29) is 0 Å². The minimum atomic E-state index is 0.766. The van der Waals surface area contributed by atoms with Gasteiger partial charge in [-0.05, 0) is 48.8 Å². The number of hydrogen-bond donors (Lipinski definition) is 0. The molecule has 5 nitrogen and oxygen atoms in total. The third-order valence-corrected chi connectivity index (χ3v) is 7.94. The monoisotopic (exact) mass is 420 g/mol. The first-order valence-corrected chi connectivity index (χ1v) is 12.0. The van der Waals surface area contributed by atoms with Gasteiger partial charge in [0.1, 0.15) is 16.5 Å². The molecule has 1 atom stereocenters. The van der Waals surface area contributed by atoms with E-state index in [9.17, 15) is 0 Å². The molecule has 1 fully saturated rings. The summed E-state index contributed by atoms with van der Waals surface area (Å²) in [6, 6.07) is 8.80. The van der Waals surface area contributed by atoms with E-state index in [0.717, 1.165) is 69.8 Å². The molecule has 2 aromatic heterocycles. The van der Waals surface area contributed by atoms with Gasteiger partial charge in [-0.15, -0.1) is 11.3 Å². The number of para-hydroxylation sites is 1. The molecular weight excluding hydrogens is 392 g/mol. The van der Waals surface area contributed by atoms with Crippen molar-refractivity contribution in [2.24, 2.45) is 5.92 Å². The van der Waals surface area contributed by atoms with Gasteiger partial charge >= 0.3 is 0 Å². The van der Waals surface area contributed by atoms with Crippen molar-refractivity contribution in [2.75, 3.05) is 37.7 Å². The number of fused-ring (bicyclic) bond motifs is 4. The predicted octanol–water partition coefficient (Wildman–Crippen LogP) is 4.34. The molecule has 30 heavy (non-hydrogen) atoms. The van der Waals surface area contributed by atoms with E-state index in [1.54, 1.807) is 0 Å². The average Bonchev–Trinajstić information content (AvgIpc) is 3.34. The van der Waals surface area contributed by atoms with Crippen molar-refractivity contribution in [1.82, 2.24) is 14.9 Å². The molecule has 0 saturated carbocycles. The minimum Gasteiger partial charge on any atom is -0.379 e. The van der Waals surface area contributed by atoms with E-state index >= 15 is 0 Å². The van der Waals surface area contributed by atoms with Gasteiger partial charge in [-0.2, -0.15) is 0 Å². The maximum absolute atomic E-state index is 5.53. The molecule has 6 rings (SSSR count). The van der Waals surface area contributed by atoms with Crippen LogP contribution in [0.5, 0.6) is 0 Å². The zero-order chi connectivity index (χ0) is 20.1. The quantitative estimate of drug-likeness (QED) is 0.630. The van der Waals surface area contributed by atoms with Crippen molar-refractivity contribution in [3.63, 3.8) is 0 Å². The van der Waals surface area contributed by atoms with Crippen LogP contribution in [0.1, 0.15) is 35.2 Å². The lowest BCUT2D eigenvalue weighted by atomic mass is 9.89. The lowest BCUT2D eigenvalue weighted by molar-refractivity contribution is 0.0331. The fourth-order valence-electron chi connectivity index (χ4n) is 5.15. The number of thiophene rings is 1. The van der Waals surface area contributed by atoms with Crippen LogP contribution in [0.3, 0.4) is 0 Å². The lowest BCUT2D eigenvalue weighted by Gasteiger charge is -2.27. The summed E-state index contributed by atoms with van der Waals surface area (Å²) >= 11 is 1.91. The van der Waals surface area contributed by atoms with Gasteiger partial charge in [0.05, 0.1) is 25.1 Å². The van der Waals surface area contributed by atoms with E-state index in [1.807, 2.05) is 11.3 Å². The number of anilines is 2. The van der Waals surface area contributed by atoms with Crippen molar-refractivity contribution in [3.8, 4) is 0 Å². The summed E-state index contributed by atoms with van der Waals surface area (Å²) < 4.78 is 5.53. The number of hydrogen-bond acceptors (Lipinski definition) is 6. The first-order valence-electron chi connectivity index (χ1n) is 11.2. The Bertz CT molecular complexity index is 1090. The Morgan fingerprint density at radius 2 is 1.97 bits per heavy atom. The van der Waals surface area contributed by atoms with Gasteiger partial charge in [0.25, 0.3) is 0 Å². The SMILES string of the molecule is C[C@H]1CCc2c(sc3nc(CN4CCOCC4)nc(N4CCc5ccccc54)c23)C1.